The van der Waals surface area contributed by atoms with Crippen molar-refractivity contribution in [1.82, 2.24) is 29.6 Å². The number of nitrogens with zero attached hydrogens (tertiary/aromatic N) is 5. The Kier molecular flexibility index (Phi) is 22.8. The highest BCUT2D eigenvalue weighted by molar-refractivity contribution is 7.99. The van der Waals surface area contributed by atoms with E-state index in [1.54, 1.807) is 60.3 Å². The smallest absolute Gasteiger partial charge is 0.264 e. The summed E-state index contributed by atoms with van der Waals surface area (Å²) in [5, 5.41) is 6.01. The number of hydrogen-bond donors (Lipinski definition) is 3. The lowest BCUT2D eigenvalue weighted by atomic mass is 9.68. The molecular formula is C68H88F2N8O8S2. The van der Waals surface area contributed by atoms with Crippen molar-refractivity contribution < 1.29 is 45.9 Å². The number of likely N-dealkylation sites (N-methyl/N-ethyl adjacent to an activating group) is 1. The van der Waals surface area contributed by atoms with E-state index in [2.05, 4.69) is 67.9 Å². The number of thioether (sulfide) groups is 1. The minimum atomic E-state index is -4.20. The zero-order valence-corrected chi connectivity index (χ0v) is 53.4. The Balaban J connectivity index is 0.712. The van der Waals surface area contributed by atoms with Gasteiger partial charge in [0.2, 0.25) is 11.8 Å². The molecule has 0 saturated carbocycles. The Bertz CT molecular complexity index is 3270. The summed E-state index contributed by atoms with van der Waals surface area (Å²) in [5.41, 5.74) is 6.37. The maximum Gasteiger partial charge on any atom is 0.264 e. The van der Waals surface area contributed by atoms with Crippen molar-refractivity contribution in [2.24, 2.45) is 17.3 Å². The summed E-state index contributed by atoms with van der Waals surface area (Å²) in [6.07, 6.45) is 8.36. The standard InChI is InChI=1S/C68H88F2N8O8S2/c1-6-48-41-51(64(69)70)42-57(48)58-43-68(3,4)28-26-50(58)44-77-35-37-78(38-36-77)53-20-18-49(19-21-53)65(81)73-88(84,85)55-22-23-60(47(2)40-55)71-52(46-87-54-14-9-7-10-15-54)27-30-76-33-31-75(32-34-76)29-11-8-12-39-86-62-17-13-16-56(59(62)45-79)67(83)74(5)61-24-25-63(80)72-66(61)82/h7,9-10,13-23,40-41,45,48,52,57,61,64,71H,6,8,11-12,24-39,42-44,46H2,1-5H3,(H,73,81)(H,72,80,82). The molecule has 4 atom stereocenters. The Morgan fingerprint density at radius 1 is 0.875 bits per heavy atom. The number of ether oxygens (including phenoxy) is 1. The molecule has 4 unspecified atom stereocenters. The third-order valence-corrected chi connectivity index (χ3v) is 20.9. The Labute approximate surface area is 523 Å². The van der Waals surface area contributed by atoms with Gasteiger partial charge in [0.05, 0.1) is 22.6 Å². The maximum atomic E-state index is 13.9. The predicted molar refractivity (Wildman–Crippen MR) is 343 cm³/mol. The number of amides is 4. The van der Waals surface area contributed by atoms with Gasteiger partial charge in [-0.2, -0.15) is 0 Å². The summed E-state index contributed by atoms with van der Waals surface area (Å²) in [7, 11) is -2.71. The number of imide groups is 1. The SMILES string of the molecule is CCC1C=C(C(F)F)CC1C1=C(CN2CCN(c3ccc(C(=O)NS(=O)(=O)c4ccc(NC(CCN5CCN(CCCCCOc6cccc(C(=O)N(C)C7CCC(=O)NC7=O)c6C=O)CC5)CSc5ccccc5)c(C)c4)cc3)CC2)CCC(C)(C)C1. The van der Waals surface area contributed by atoms with E-state index < -0.39 is 40.2 Å². The van der Waals surface area contributed by atoms with Crippen LogP contribution in [0.2, 0.25) is 0 Å². The molecule has 5 aliphatic rings. The van der Waals surface area contributed by atoms with Gasteiger partial charge in [-0.1, -0.05) is 62.3 Å². The van der Waals surface area contributed by atoms with E-state index in [9.17, 15) is 41.2 Å². The Morgan fingerprint density at radius 2 is 1.59 bits per heavy atom. The second-order valence-corrected chi connectivity index (χ2v) is 28.0. The van der Waals surface area contributed by atoms with Crippen LogP contribution in [0.4, 0.5) is 20.2 Å². The van der Waals surface area contributed by atoms with Gasteiger partial charge in [-0.15, -0.1) is 11.8 Å². The van der Waals surface area contributed by atoms with Gasteiger partial charge in [0.1, 0.15) is 11.8 Å². The van der Waals surface area contributed by atoms with E-state index >= 15 is 0 Å². The van der Waals surface area contributed by atoms with Gasteiger partial charge >= 0.3 is 0 Å². The normalized spacial score (nSPS) is 20.8. The van der Waals surface area contributed by atoms with Crippen molar-refractivity contribution in [3.05, 3.63) is 136 Å². The number of sulfonamides is 1. The van der Waals surface area contributed by atoms with Crippen LogP contribution in [0.5, 0.6) is 5.75 Å². The molecule has 3 N–H and O–H groups in total. The molecule has 474 valence electrons. The summed E-state index contributed by atoms with van der Waals surface area (Å²) in [4.78, 5) is 75.4. The fourth-order valence-corrected chi connectivity index (χ4v) is 15.1. The van der Waals surface area contributed by atoms with Gasteiger partial charge in [-0.25, -0.2) is 21.9 Å². The van der Waals surface area contributed by atoms with Gasteiger partial charge in [0, 0.05) is 113 Å². The third-order valence-electron chi connectivity index (χ3n) is 18.4. The summed E-state index contributed by atoms with van der Waals surface area (Å²) < 4.78 is 63.6. The highest BCUT2D eigenvalue weighted by Crippen LogP contribution is 2.49. The second kappa shape index (κ2) is 30.4. The summed E-state index contributed by atoms with van der Waals surface area (Å²) in [6, 6.07) is 26.4. The lowest BCUT2D eigenvalue weighted by Gasteiger charge is -2.41. The third kappa shape index (κ3) is 17.3. The number of halogens is 2. The number of aryl methyl sites for hydroxylation is 1. The summed E-state index contributed by atoms with van der Waals surface area (Å²) >= 11 is 1.78. The molecule has 88 heavy (non-hydrogen) atoms. The number of unbranched alkanes of at least 4 members (excludes halogenated alkanes) is 2. The zero-order chi connectivity index (χ0) is 62.5. The van der Waals surface area contributed by atoms with E-state index in [0.717, 1.165) is 146 Å². The minimum absolute atomic E-state index is 0.00518. The lowest BCUT2D eigenvalue weighted by molar-refractivity contribution is -0.136. The van der Waals surface area contributed by atoms with Crippen LogP contribution in [0.1, 0.15) is 128 Å². The Morgan fingerprint density at radius 3 is 2.27 bits per heavy atom. The first kappa shape index (κ1) is 66.0. The van der Waals surface area contributed by atoms with Crippen LogP contribution in [0, 0.1) is 24.2 Å². The number of anilines is 2. The summed E-state index contributed by atoms with van der Waals surface area (Å²) in [5.74, 6) is -0.663. The molecule has 0 aromatic heterocycles. The summed E-state index contributed by atoms with van der Waals surface area (Å²) in [6.45, 7) is 18.8. The van der Waals surface area contributed by atoms with Crippen molar-refractivity contribution in [1.29, 1.82) is 0 Å². The number of piperazine rings is 2. The average molecular weight is 1250 g/mol. The molecule has 4 aromatic rings. The van der Waals surface area contributed by atoms with Crippen LogP contribution in [0.15, 0.2) is 124 Å². The molecule has 0 radical (unpaired) electrons. The molecular weight excluding hydrogens is 1160 g/mol. The van der Waals surface area contributed by atoms with E-state index in [0.29, 0.717) is 30.6 Å². The molecule has 9 rings (SSSR count). The zero-order valence-electron chi connectivity index (χ0n) is 51.7. The van der Waals surface area contributed by atoms with Gasteiger partial charge < -0.3 is 29.7 Å². The number of aldehydes is 1. The van der Waals surface area contributed by atoms with Crippen LogP contribution in [-0.4, -0.2) is 168 Å². The monoisotopic (exact) mass is 1250 g/mol. The molecule has 16 nitrogen and oxygen atoms in total. The lowest BCUT2D eigenvalue weighted by Crippen LogP contribution is -2.53. The van der Waals surface area contributed by atoms with Crippen molar-refractivity contribution in [2.75, 3.05) is 102 Å². The van der Waals surface area contributed by atoms with E-state index in [1.165, 1.54) is 28.0 Å². The minimum Gasteiger partial charge on any atom is -0.493 e. The molecule has 0 bridgehead atoms. The van der Waals surface area contributed by atoms with Crippen LogP contribution >= 0.6 is 11.8 Å². The molecule has 3 fully saturated rings. The van der Waals surface area contributed by atoms with Gasteiger partial charge in [-0.05, 0) is 173 Å². The van der Waals surface area contributed by atoms with Crippen LogP contribution in [-0.2, 0) is 19.6 Å². The number of hydrogen-bond acceptors (Lipinski definition) is 14. The fourth-order valence-electron chi connectivity index (χ4n) is 13.1. The van der Waals surface area contributed by atoms with E-state index in [4.69, 9.17) is 4.74 Å². The number of carbonyl (C=O) groups excluding carboxylic acids is 5. The van der Waals surface area contributed by atoms with Crippen molar-refractivity contribution in [3.8, 4) is 5.75 Å². The number of nitrogens with one attached hydrogen (secondary N) is 3. The van der Waals surface area contributed by atoms with Crippen LogP contribution in [0.3, 0.4) is 0 Å². The molecule has 20 heteroatoms. The molecule has 4 amide bonds. The van der Waals surface area contributed by atoms with E-state index in [-0.39, 0.29) is 63.6 Å². The largest absolute Gasteiger partial charge is 0.493 e. The number of allylic oxidation sites excluding steroid dienone is 3. The van der Waals surface area contributed by atoms with Crippen molar-refractivity contribution in [2.45, 2.75) is 127 Å². The number of benzene rings is 4. The molecule has 4 aromatic carbocycles. The first-order valence-corrected chi connectivity index (χ1v) is 33.9. The number of carbonyl (C=O) groups is 5. The second-order valence-electron chi connectivity index (χ2n) is 25.2. The molecule has 3 aliphatic heterocycles. The van der Waals surface area contributed by atoms with Crippen LogP contribution in [0.25, 0.3) is 0 Å². The van der Waals surface area contributed by atoms with Crippen molar-refractivity contribution in [3.63, 3.8) is 0 Å². The average Bonchev–Trinajstić information content (AvgIpc) is 2.24. The molecule has 2 aliphatic carbocycles. The van der Waals surface area contributed by atoms with Gasteiger partial charge in [-0.3, -0.25) is 34.2 Å². The highest BCUT2D eigenvalue weighted by Gasteiger charge is 2.39. The fraction of sp³-hybridized carbons (Fsp3) is 0.515. The first-order chi connectivity index (χ1) is 42.3. The van der Waals surface area contributed by atoms with Gasteiger partial charge in [0.25, 0.3) is 28.3 Å². The van der Waals surface area contributed by atoms with Gasteiger partial charge in [0.15, 0.2) is 6.29 Å². The quantitative estimate of drug-likeness (QED) is 0.0169. The topological polar surface area (TPSA) is 181 Å². The number of alkyl halides is 2. The first-order valence-electron chi connectivity index (χ1n) is 31.4. The Hall–Kier alpha value is -6.45. The molecule has 3 saturated heterocycles. The molecule has 3 heterocycles. The predicted octanol–water partition coefficient (Wildman–Crippen LogP) is 10.5. The molecule has 0 spiro atoms. The van der Waals surface area contributed by atoms with Crippen LogP contribution < -0.4 is 25.0 Å². The van der Waals surface area contributed by atoms with E-state index in [1.807, 2.05) is 43.3 Å². The number of piperidine rings is 1. The maximum absolute atomic E-state index is 13.9. The number of rotatable bonds is 27. The highest BCUT2D eigenvalue weighted by atomic mass is 32.2. The van der Waals surface area contributed by atoms with Crippen molar-refractivity contribution >= 4 is 63.1 Å².